The number of carbonyl (C=O) groups excluding carboxylic acids is 1. The summed E-state index contributed by atoms with van der Waals surface area (Å²) >= 11 is 0. The second-order valence-electron chi connectivity index (χ2n) is 6.85. The summed E-state index contributed by atoms with van der Waals surface area (Å²) in [5.74, 6) is -0.281. The fourth-order valence-corrected chi connectivity index (χ4v) is 5.69. The SMILES string of the molecule is Cc1ccc(N2C(=O)N(c3cccc([N+](=O)[O-])c3)[C@@H]3CS(=O)(=O)C[C@@H]32)cc1. The van der Waals surface area contributed by atoms with Crippen LogP contribution in [0.5, 0.6) is 0 Å². The van der Waals surface area contributed by atoms with Crippen molar-refractivity contribution in [1.82, 2.24) is 0 Å². The summed E-state index contributed by atoms with van der Waals surface area (Å²) in [6.07, 6.45) is 0. The average Bonchev–Trinajstić information content (AvgIpc) is 3.04. The van der Waals surface area contributed by atoms with Gasteiger partial charge >= 0.3 is 6.03 Å². The highest BCUT2D eigenvalue weighted by Crippen LogP contribution is 2.38. The van der Waals surface area contributed by atoms with Gasteiger partial charge < -0.3 is 0 Å². The summed E-state index contributed by atoms with van der Waals surface area (Å²) in [5, 5.41) is 11.1. The van der Waals surface area contributed by atoms with Gasteiger partial charge in [0.05, 0.1) is 34.2 Å². The molecule has 27 heavy (non-hydrogen) atoms. The van der Waals surface area contributed by atoms with Crippen LogP contribution >= 0.6 is 0 Å². The van der Waals surface area contributed by atoms with Gasteiger partial charge in [-0.1, -0.05) is 23.8 Å². The van der Waals surface area contributed by atoms with Gasteiger partial charge in [0.15, 0.2) is 9.84 Å². The van der Waals surface area contributed by atoms with Crippen molar-refractivity contribution in [3.8, 4) is 0 Å². The Bertz CT molecular complexity index is 1040. The van der Waals surface area contributed by atoms with Crippen molar-refractivity contribution in [3.63, 3.8) is 0 Å². The third-order valence-corrected chi connectivity index (χ3v) is 6.70. The van der Waals surface area contributed by atoms with Crippen LogP contribution in [0, 0.1) is 17.0 Å². The molecule has 2 aromatic carbocycles. The maximum absolute atomic E-state index is 13.2. The van der Waals surface area contributed by atoms with E-state index in [4.69, 9.17) is 0 Å². The summed E-state index contributed by atoms with van der Waals surface area (Å²) in [7, 11) is -3.31. The predicted molar refractivity (Wildman–Crippen MR) is 101 cm³/mol. The molecule has 2 heterocycles. The van der Waals surface area contributed by atoms with Crippen LogP contribution in [0.3, 0.4) is 0 Å². The summed E-state index contributed by atoms with van der Waals surface area (Å²) < 4.78 is 24.5. The van der Waals surface area contributed by atoms with Crippen molar-refractivity contribution in [2.45, 2.75) is 19.0 Å². The zero-order valence-electron chi connectivity index (χ0n) is 14.5. The van der Waals surface area contributed by atoms with Gasteiger partial charge in [-0.25, -0.2) is 13.2 Å². The number of non-ortho nitro benzene ring substituents is 1. The van der Waals surface area contributed by atoms with Crippen LogP contribution in [0.25, 0.3) is 0 Å². The van der Waals surface area contributed by atoms with Crippen LogP contribution in [0.4, 0.5) is 21.9 Å². The van der Waals surface area contributed by atoms with Crippen molar-refractivity contribution in [2.24, 2.45) is 0 Å². The molecule has 0 spiro atoms. The lowest BCUT2D eigenvalue weighted by Crippen LogP contribution is -2.37. The average molecular weight is 387 g/mol. The lowest BCUT2D eigenvalue weighted by Gasteiger charge is -2.22. The number of sulfone groups is 1. The van der Waals surface area contributed by atoms with Crippen molar-refractivity contribution in [2.75, 3.05) is 21.3 Å². The van der Waals surface area contributed by atoms with Crippen molar-refractivity contribution >= 4 is 32.9 Å². The predicted octanol–water partition coefficient (Wildman–Crippen LogP) is 2.52. The molecule has 8 nitrogen and oxygen atoms in total. The molecular weight excluding hydrogens is 370 g/mol. The van der Waals surface area contributed by atoms with Gasteiger partial charge in [-0.15, -0.1) is 0 Å². The molecule has 2 amide bonds. The minimum Gasteiger partial charge on any atom is -0.288 e. The Kier molecular flexibility index (Phi) is 3.92. The van der Waals surface area contributed by atoms with Gasteiger partial charge in [-0.3, -0.25) is 19.9 Å². The Morgan fingerprint density at radius 1 is 1.00 bits per heavy atom. The quantitative estimate of drug-likeness (QED) is 0.458. The zero-order chi connectivity index (χ0) is 19.3. The second-order valence-corrected chi connectivity index (χ2v) is 9.00. The van der Waals surface area contributed by atoms with Crippen LogP contribution in [-0.2, 0) is 9.84 Å². The monoisotopic (exact) mass is 387 g/mol. The van der Waals surface area contributed by atoms with E-state index in [0.717, 1.165) is 5.56 Å². The van der Waals surface area contributed by atoms with E-state index in [1.807, 2.05) is 19.1 Å². The third kappa shape index (κ3) is 2.93. The summed E-state index contributed by atoms with van der Waals surface area (Å²) in [6.45, 7) is 1.92. The highest BCUT2D eigenvalue weighted by molar-refractivity contribution is 7.91. The standard InChI is InChI=1S/C18H17N3O5S/c1-12-5-7-13(8-6-12)19-16-10-27(25,26)11-17(16)20(18(19)22)14-3-2-4-15(9-14)21(23)24/h2-9,16-17H,10-11H2,1H3/t16-,17+/m0/s1. The molecule has 0 N–H and O–H groups in total. The van der Waals surface area contributed by atoms with Crippen LogP contribution in [0.2, 0.25) is 0 Å². The van der Waals surface area contributed by atoms with E-state index in [0.29, 0.717) is 11.4 Å². The van der Waals surface area contributed by atoms with Crippen LogP contribution < -0.4 is 9.80 Å². The van der Waals surface area contributed by atoms with E-state index in [-0.39, 0.29) is 23.2 Å². The number of carbonyl (C=O) groups is 1. The number of aryl methyl sites for hydroxylation is 1. The van der Waals surface area contributed by atoms with Gasteiger partial charge in [0.25, 0.3) is 5.69 Å². The molecule has 140 valence electrons. The molecule has 2 aliphatic heterocycles. The molecular formula is C18H17N3O5S. The zero-order valence-corrected chi connectivity index (χ0v) is 15.3. The second kappa shape index (κ2) is 6.05. The Balaban J connectivity index is 1.80. The van der Waals surface area contributed by atoms with E-state index in [1.165, 1.54) is 28.0 Å². The molecule has 0 aliphatic carbocycles. The molecule has 4 rings (SSSR count). The van der Waals surface area contributed by atoms with E-state index in [2.05, 4.69) is 0 Å². The molecule has 2 aliphatic rings. The number of hydrogen-bond acceptors (Lipinski definition) is 5. The van der Waals surface area contributed by atoms with Gasteiger partial charge in [-0.05, 0) is 25.1 Å². The highest BCUT2D eigenvalue weighted by atomic mass is 32.2. The maximum atomic E-state index is 13.2. The van der Waals surface area contributed by atoms with Crippen LogP contribution in [0.1, 0.15) is 5.56 Å². The number of nitro groups is 1. The fourth-order valence-electron chi connectivity index (χ4n) is 3.77. The fraction of sp³-hybridized carbons (Fsp3) is 0.278. The van der Waals surface area contributed by atoms with Gasteiger partial charge in [0.2, 0.25) is 0 Å². The number of benzene rings is 2. The molecule has 2 saturated heterocycles. The van der Waals surface area contributed by atoms with Gasteiger partial charge in [0, 0.05) is 17.8 Å². The van der Waals surface area contributed by atoms with Crippen LogP contribution in [-0.4, -0.2) is 43.0 Å². The molecule has 0 unspecified atom stereocenters. The Labute approximate surface area is 156 Å². The summed E-state index contributed by atoms with van der Waals surface area (Å²) in [6, 6.07) is 11.5. The highest BCUT2D eigenvalue weighted by Gasteiger charge is 2.54. The van der Waals surface area contributed by atoms with Crippen molar-refractivity contribution < 1.29 is 18.1 Å². The number of amides is 2. The molecule has 0 saturated carbocycles. The first-order valence-corrected chi connectivity index (χ1v) is 10.2. The first-order valence-electron chi connectivity index (χ1n) is 8.41. The largest absolute Gasteiger partial charge is 0.329 e. The molecule has 0 radical (unpaired) electrons. The molecule has 2 aromatic rings. The number of hydrogen-bond donors (Lipinski definition) is 0. The number of nitro benzene ring substituents is 1. The van der Waals surface area contributed by atoms with Crippen molar-refractivity contribution in [1.29, 1.82) is 0 Å². The number of urea groups is 1. The Morgan fingerprint density at radius 2 is 1.59 bits per heavy atom. The van der Waals surface area contributed by atoms with E-state index < -0.39 is 26.8 Å². The van der Waals surface area contributed by atoms with Gasteiger partial charge in [-0.2, -0.15) is 0 Å². The molecule has 9 heteroatoms. The van der Waals surface area contributed by atoms with E-state index in [1.54, 1.807) is 18.2 Å². The first-order chi connectivity index (χ1) is 12.8. The molecule has 0 bridgehead atoms. The van der Waals surface area contributed by atoms with E-state index >= 15 is 0 Å². The maximum Gasteiger partial charge on any atom is 0.329 e. The Morgan fingerprint density at radius 3 is 2.19 bits per heavy atom. The summed E-state index contributed by atoms with van der Waals surface area (Å²) in [5.41, 5.74) is 1.82. The van der Waals surface area contributed by atoms with Gasteiger partial charge in [0.1, 0.15) is 0 Å². The van der Waals surface area contributed by atoms with E-state index in [9.17, 15) is 23.3 Å². The molecule has 2 atom stereocenters. The van der Waals surface area contributed by atoms with Crippen molar-refractivity contribution in [3.05, 3.63) is 64.2 Å². The minimum atomic E-state index is -3.31. The molecule has 2 fully saturated rings. The summed E-state index contributed by atoms with van der Waals surface area (Å²) in [4.78, 5) is 26.6. The molecule has 0 aromatic heterocycles. The first kappa shape index (κ1) is 17.5. The number of fused-ring (bicyclic) bond motifs is 1. The third-order valence-electron chi connectivity index (χ3n) is 5.00. The lowest BCUT2D eigenvalue weighted by molar-refractivity contribution is -0.384. The topological polar surface area (TPSA) is 101 Å². The number of rotatable bonds is 3. The minimum absolute atomic E-state index is 0.122. The number of anilines is 2. The van der Waals surface area contributed by atoms with Crippen LogP contribution in [0.15, 0.2) is 48.5 Å². The number of nitrogens with zero attached hydrogens (tertiary/aromatic N) is 3. The Hall–Kier alpha value is -2.94. The smallest absolute Gasteiger partial charge is 0.288 e. The lowest BCUT2D eigenvalue weighted by atomic mass is 10.1. The normalized spacial score (nSPS) is 23.5.